The van der Waals surface area contributed by atoms with Crippen molar-refractivity contribution in [2.45, 2.75) is 412 Å². The number of hydrogen-bond donors (Lipinski definition) is 3. The Morgan fingerprint density at radius 2 is 0.719 bits per heavy atom. The second-order valence-corrected chi connectivity index (χ2v) is 54.0. The first-order chi connectivity index (χ1) is 56.7. The van der Waals surface area contributed by atoms with Crippen LogP contribution in [0.4, 0.5) is 4.79 Å². The second kappa shape index (κ2) is 54.8. The van der Waals surface area contributed by atoms with Crippen LogP contribution in [0.15, 0.2) is 73.9 Å². The first-order valence-electron chi connectivity index (χ1n) is 47.4. The number of amides is 2. The van der Waals surface area contributed by atoms with Gasteiger partial charge in [0.25, 0.3) is 9.70 Å². The molecule has 8 fully saturated rings. The van der Waals surface area contributed by atoms with Crippen LogP contribution in [-0.2, 0) is 56.5 Å². The Balaban J connectivity index is -0.000000447. The van der Waals surface area contributed by atoms with Crippen molar-refractivity contribution in [1.29, 1.82) is 0 Å². The molecule has 0 aromatic heterocycles. The number of rotatable bonds is 18. The number of hydrogen-bond acceptors (Lipinski definition) is 14. The molecule has 8 aliphatic rings. The van der Waals surface area contributed by atoms with Crippen LogP contribution in [0.1, 0.15) is 398 Å². The molecule has 0 radical (unpaired) electrons. The van der Waals surface area contributed by atoms with Crippen LogP contribution in [0.3, 0.4) is 0 Å². The molecule has 7 saturated carbocycles. The Morgan fingerprint density at radius 1 is 0.430 bits per heavy atom. The van der Waals surface area contributed by atoms with Gasteiger partial charge < -0.3 is 49.9 Å². The second-order valence-electron chi connectivity index (χ2n) is 49.7. The third-order valence-electron chi connectivity index (χ3n) is 24.0. The maximum atomic E-state index is 12.0. The minimum absolute atomic E-state index is 0. The van der Waals surface area contributed by atoms with Crippen LogP contribution < -0.4 is 29.5 Å². The average molecular weight is 1900 g/mol. The fraction of sp³-hybridized carbons (Fsp3) is 0.840. The van der Waals surface area contributed by atoms with Crippen molar-refractivity contribution in [3.63, 3.8) is 0 Å². The van der Waals surface area contributed by atoms with E-state index in [1.54, 1.807) is 32.9 Å². The number of methoxy groups -OCH3 is 1. The van der Waals surface area contributed by atoms with Crippen LogP contribution in [0.5, 0.6) is 0 Å². The molecule has 1 saturated heterocycles. The summed E-state index contributed by atoms with van der Waals surface area (Å²) in [7, 11) is -1.89. The Labute approximate surface area is 825 Å². The third kappa shape index (κ3) is 57.1. The Hall–Kier alpha value is -2.18. The number of esters is 2. The van der Waals surface area contributed by atoms with Gasteiger partial charge in [0.05, 0.1) is 51.2 Å². The molecule has 746 valence electrons. The summed E-state index contributed by atoms with van der Waals surface area (Å²) in [6.45, 7) is 100. The van der Waals surface area contributed by atoms with Gasteiger partial charge in [-0.15, -0.1) is 26.3 Å². The van der Waals surface area contributed by atoms with E-state index >= 15 is 0 Å². The van der Waals surface area contributed by atoms with Crippen LogP contribution in [0.25, 0.3) is 0 Å². The zero-order chi connectivity index (χ0) is 99.0. The van der Waals surface area contributed by atoms with Gasteiger partial charge in [-0.3, -0.25) is 18.9 Å². The van der Waals surface area contributed by atoms with E-state index in [4.69, 9.17) is 67.9 Å². The molecule has 0 atom stereocenters. The quantitative estimate of drug-likeness (QED) is 0.0222. The van der Waals surface area contributed by atoms with Gasteiger partial charge in [-0.2, -0.15) is 0 Å². The number of carbonyl (C=O) groups is 5. The smallest absolute Gasteiger partial charge is 1.00 e. The summed E-state index contributed by atoms with van der Waals surface area (Å²) in [5.74, 6) is -0.902. The van der Waals surface area contributed by atoms with Gasteiger partial charge >= 0.3 is 44.5 Å². The first kappa shape index (κ1) is 132. The van der Waals surface area contributed by atoms with Gasteiger partial charge in [-0.05, 0) is 263 Å². The van der Waals surface area contributed by atoms with Crippen molar-refractivity contribution in [3.05, 3.63) is 73.9 Å². The van der Waals surface area contributed by atoms with E-state index in [0.29, 0.717) is 66.5 Å². The van der Waals surface area contributed by atoms with Crippen LogP contribution in [0, 0.1) is 86.6 Å². The number of ether oxygens (including phenoxy) is 5. The minimum atomic E-state index is -3.28. The predicted molar refractivity (Wildman–Crippen MR) is 547 cm³/mol. The molecule has 7 aliphatic carbocycles. The fourth-order valence-electron chi connectivity index (χ4n) is 25.4. The molecule has 1 aliphatic heterocycles. The largest absolute Gasteiger partial charge is 1.00 e. The van der Waals surface area contributed by atoms with E-state index in [2.05, 4.69) is 262 Å². The van der Waals surface area contributed by atoms with E-state index in [9.17, 15) is 28.5 Å². The summed E-state index contributed by atoms with van der Waals surface area (Å²) < 4.78 is 43.8. The van der Waals surface area contributed by atoms with Gasteiger partial charge in [0, 0.05) is 45.3 Å². The number of alkyl halides is 3. The number of aliphatic hydroxyl groups excluding tert-OH is 1. The molecular weight excluding hydrogens is 1700 g/mol. The van der Waals surface area contributed by atoms with Gasteiger partial charge in [-0.25, -0.2) is 9.59 Å². The number of Topliss-reactive ketones (excluding diaryl/α,β-unsaturated/α-hetero) is 1. The third-order valence-corrected chi connectivity index (χ3v) is 26.5. The molecule has 0 aromatic carbocycles. The molecule has 22 heteroatoms. The molecule has 1 heterocycles. The first-order valence-corrected chi connectivity index (χ1v) is 50.2. The van der Waals surface area contributed by atoms with Crippen LogP contribution >= 0.6 is 42.4 Å². The monoisotopic (exact) mass is 1890 g/mol. The molecule has 8 rings (SSSR count). The zero-order valence-corrected chi connectivity index (χ0v) is 92.1. The fourth-order valence-corrected chi connectivity index (χ4v) is 27.0. The number of ketones is 1. The predicted octanol–water partition coefficient (Wildman–Crippen LogP) is 26.2. The normalized spacial score (nSPS) is 23.4. The van der Waals surface area contributed by atoms with Crippen molar-refractivity contribution >= 4 is 89.5 Å². The molecule has 0 aromatic rings. The summed E-state index contributed by atoms with van der Waals surface area (Å²) in [5.41, 5.74) is 6.85. The van der Waals surface area contributed by atoms with E-state index in [1.807, 2.05) is 32.9 Å². The van der Waals surface area contributed by atoms with Crippen molar-refractivity contribution in [2.75, 3.05) is 72.7 Å². The summed E-state index contributed by atoms with van der Waals surface area (Å²) in [4.78, 5) is 57.2. The van der Waals surface area contributed by atoms with Crippen molar-refractivity contribution in [3.8, 4) is 0 Å². The molecule has 3 N–H and O–H groups in total. The number of carbonyl (C=O) groups excluding carboxylic acids is 5. The maximum Gasteiger partial charge on any atom is 1.00 e. The van der Waals surface area contributed by atoms with Crippen LogP contribution in [-0.4, -0.2) is 140 Å². The van der Waals surface area contributed by atoms with Crippen molar-refractivity contribution < 1.29 is 86.7 Å². The molecule has 0 spiro atoms. The summed E-state index contributed by atoms with van der Waals surface area (Å²) >= 11 is 16.9. The molecular formula is C106H198AlCl3LiN2O14P. The van der Waals surface area contributed by atoms with E-state index < -0.39 is 28.8 Å². The van der Waals surface area contributed by atoms with E-state index in [-0.39, 0.29) is 120 Å². The number of alkyl carbamates (subject to hydrolysis) is 1. The van der Waals surface area contributed by atoms with Gasteiger partial charge in [0.15, 0.2) is 17.4 Å². The average Bonchev–Trinajstić information content (AvgIpc) is 0.850. The number of aliphatic hydroxyl groups is 1. The van der Waals surface area contributed by atoms with E-state index in [0.717, 1.165) is 103 Å². The number of halogens is 3. The summed E-state index contributed by atoms with van der Waals surface area (Å²) in [6, 6.07) is 0. The summed E-state index contributed by atoms with van der Waals surface area (Å²) in [6.07, 6.45) is 36.5. The van der Waals surface area contributed by atoms with Gasteiger partial charge in [0.2, 0.25) is 0 Å². The molecule has 128 heavy (non-hydrogen) atoms. The van der Waals surface area contributed by atoms with Crippen molar-refractivity contribution in [1.82, 2.24) is 10.6 Å². The van der Waals surface area contributed by atoms with Crippen molar-refractivity contribution in [2.24, 2.45) is 86.6 Å². The minimum Gasteiger partial charge on any atom is -1.00 e. The van der Waals surface area contributed by atoms with Crippen LogP contribution in [0.2, 0.25) is 0 Å². The van der Waals surface area contributed by atoms with Gasteiger partial charge in [0.1, 0.15) is 11.9 Å². The SMILES string of the molecule is C1CCOC1.C=CC1(C)CC(C)(C)CC(C)(C)C1.C=CC1(C)CC(C)(C)CC(C)(C)C1.C=CC1(NC(=O)C(Cl)(Cl)Cl)CC(C)(C)CC(C)(C)C1.C=CC1(NC(=O)OC)CC(C)(C)CC(C)(C)C1.CC1(C)CC(=CCO)CC(C)(C)C1.CC1(C)CC(=O)CC(C)(C)C1.CCOC(=O)C=C1CC(C)(C)CC(C)(C)C1.CCOC(=O)CP(=O)(OCC)OCC.CCOCC.[AlH3].[H-].[Li+]. The Kier molecular flexibility index (Phi) is 56.6. The summed E-state index contributed by atoms with van der Waals surface area (Å²) in [5, 5.41) is 14.7. The molecule has 16 nitrogen and oxygen atoms in total. The number of allylic oxidation sites excluding steroid dienone is 4. The number of nitrogens with one attached hydrogen (secondary N) is 2. The zero-order valence-electron chi connectivity index (χ0n) is 90.0. The standard InChI is InChI=1S/C14H22Cl3NO.C14H25NO2.C14H24O2.2C13H24.C12H22O.C10H18O.C8H17O5P.C4H8O.C4H10O.Al.Li.4H/c1-6-13(18-10(19)14(15,16)17)8-11(2,3)7-12(4,5)9-13;1-7-14(15-11(16)17-6)9-12(2,3)8-13(4,5)10-14;1-6-16-12(15)7-11-8-13(2,3)10-14(4,5)9-11;2*1-7-13(6)9-11(2,3)8-12(4,5)10-13;1-11(2)7-10(5-6-13)8-12(3,4)9-11;1-9(2)5-8(11)6-10(3,4)7-9;1-4-11-8(9)7-14(10,12-5-2)13-6-3;1-2-4-5-3-1;1-3-5-4-2;;;;;;/h6H,1,7-9H2,2-5H3,(H,18,19);7H,1,8-10H2,2-6H3,(H,15,16);7H,6,8-10H2,1-5H3;2*7H,1,8-10H2,2-6H3;5,13H,6-9H2,1-4H3;5-7H2,1-4H3;4-7H2,1-3H3;1-4H2;3-4H2,1-2H3;;;;;;/q;;;;;;;;;;;+1;;;;-1. The maximum absolute atomic E-state index is 12.0. The van der Waals surface area contributed by atoms with Gasteiger partial charge in [-0.1, -0.05) is 284 Å². The Morgan fingerprint density at radius 3 is 0.953 bits per heavy atom. The molecule has 2 amide bonds. The topological polar surface area (TPSA) is 211 Å². The van der Waals surface area contributed by atoms with E-state index in [1.165, 1.54) is 88.9 Å². The molecule has 0 unspecified atom stereocenters. The Bertz CT molecular complexity index is 3320. The molecule has 0 bridgehead atoms.